The van der Waals surface area contributed by atoms with Crippen molar-refractivity contribution in [1.82, 2.24) is 5.32 Å². The van der Waals surface area contributed by atoms with Gasteiger partial charge in [0.2, 0.25) is 5.91 Å². The van der Waals surface area contributed by atoms with Crippen LogP contribution in [0.4, 0.5) is 8.78 Å². The molecule has 0 heterocycles. The summed E-state index contributed by atoms with van der Waals surface area (Å²) in [5, 5.41) is 31.7. The van der Waals surface area contributed by atoms with E-state index in [0.717, 1.165) is 24.8 Å². The molecule has 3 aliphatic carbocycles. The Morgan fingerprint density at radius 2 is 1.89 bits per heavy atom. The first-order valence-electron chi connectivity index (χ1n) is 13.1. The summed E-state index contributed by atoms with van der Waals surface area (Å²) in [5.41, 5.74) is 2.04. The highest BCUT2D eigenvalue weighted by atomic mass is 19.3. The average Bonchev–Trinajstić information content (AvgIpc) is 3.04. The molecule has 0 aromatic heterocycles. The van der Waals surface area contributed by atoms with Crippen LogP contribution in [0, 0.1) is 23.2 Å². The Balaban J connectivity index is 1.23. The minimum atomic E-state index is -2.70. The number of rotatable bonds is 6. The van der Waals surface area contributed by atoms with E-state index in [2.05, 4.69) is 5.32 Å². The van der Waals surface area contributed by atoms with Gasteiger partial charge in [-0.15, -0.1) is 0 Å². The number of phenols is 3. The molecular weight excluding hydrogens is 464 g/mol. The van der Waals surface area contributed by atoms with Crippen LogP contribution < -0.4 is 5.32 Å². The molecular formula is C29H35F2NO4. The number of fused-ring (bicyclic) bond motifs is 5. The second kappa shape index (κ2) is 9.24. The molecule has 5 rings (SSSR count). The van der Waals surface area contributed by atoms with Crippen LogP contribution in [0.25, 0.3) is 0 Å². The molecule has 0 aliphatic heterocycles. The van der Waals surface area contributed by atoms with E-state index in [-0.39, 0.29) is 66.2 Å². The van der Waals surface area contributed by atoms with Gasteiger partial charge >= 0.3 is 0 Å². The van der Waals surface area contributed by atoms with Gasteiger partial charge in [0.15, 0.2) is 11.5 Å². The minimum Gasteiger partial charge on any atom is -0.508 e. The number of halogens is 2. The van der Waals surface area contributed by atoms with Gasteiger partial charge in [-0.05, 0) is 103 Å². The third-order valence-electron chi connectivity index (χ3n) is 9.33. The number of phenolic OH excluding ortho intramolecular Hbond substituents is 3. The topological polar surface area (TPSA) is 89.8 Å². The lowest BCUT2D eigenvalue weighted by molar-refractivity contribution is -0.133. The van der Waals surface area contributed by atoms with Crippen LogP contribution in [-0.4, -0.2) is 27.1 Å². The van der Waals surface area contributed by atoms with Crippen LogP contribution in [0.2, 0.25) is 0 Å². The molecule has 5 nitrogen and oxygen atoms in total. The molecule has 3 unspecified atom stereocenters. The lowest BCUT2D eigenvalue weighted by atomic mass is 9.53. The van der Waals surface area contributed by atoms with Crippen molar-refractivity contribution < 1.29 is 28.9 Å². The predicted octanol–water partition coefficient (Wildman–Crippen LogP) is 6.01. The van der Waals surface area contributed by atoms with Crippen LogP contribution in [0.3, 0.4) is 0 Å². The zero-order valence-corrected chi connectivity index (χ0v) is 20.6. The maximum Gasteiger partial charge on any atom is 0.253 e. The van der Waals surface area contributed by atoms with Gasteiger partial charge in [-0.1, -0.05) is 19.1 Å². The molecule has 3 aliphatic rings. The van der Waals surface area contributed by atoms with Crippen LogP contribution in [0.1, 0.15) is 74.5 Å². The van der Waals surface area contributed by atoms with Gasteiger partial charge in [-0.25, -0.2) is 8.78 Å². The highest BCUT2D eigenvalue weighted by Crippen LogP contribution is 2.68. The second-order valence-corrected chi connectivity index (χ2v) is 11.3. The number of nitrogens with one attached hydrogen (secondary N) is 1. The van der Waals surface area contributed by atoms with Crippen molar-refractivity contribution in [3.8, 4) is 17.2 Å². The van der Waals surface area contributed by atoms with Gasteiger partial charge in [0, 0.05) is 24.8 Å². The maximum atomic E-state index is 15.4. The van der Waals surface area contributed by atoms with Gasteiger partial charge in [-0.2, -0.15) is 0 Å². The smallest absolute Gasteiger partial charge is 0.253 e. The number of carbonyl (C=O) groups excluding carboxylic acids is 1. The van der Waals surface area contributed by atoms with E-state index in [1.165, 1.54) is 17.7 Å². The van der Waals surface area contributed by atoms with E-state index in [9.17, 15) is 20.1 Å². The average molecular weight is 500 g/mol. The van der Waals surface area contributed by atoms with E-state index in [1.54, 1.807) is 19.1 Å². The summed E-state index contributed by atoms with van der Waals surface area (Å²) >= 11 is 0. The van der Waals surface area contributed by atoms with Gasteiger partial charge in [-0.3, -0.25) is 4.79 Å². The van der Waals surface area contributed by atoms with Gasteiger partial charge in [0.25, 0.3) is 5.92 Å². The molecule has 0 radical (unpaired) electrons. The number of aryl methyl sites for hydroxylation is 1. The van der Waals surface area contributed by atoms with Crippen molar-refractivity contribution in [2.45, 2.75) is 76.7 Å². The fourth-order valence-electron chi connectivity index (χ4n) is 7.58. The monoisotopic (exact) mass is 499 g/mol. The summed E-state index contributed by atoms with van der Waals surface area (Å²) in [5.74, 6) is -2.76. The minimum absolute atomic E-state index is 0.0729. The van der Waals surface area contributed by atoms with Crippen LogP contribution in [0.5, 0.6) is 17.2 Å². The fourth-order valence-corrected chi connectivity index (χ4v) is 7.58. The summed E-state index contributed by atoms with van der Waals surface area (Å²) in [6.45, 7) is 2.02. The molecule has 2 aromatic carbocycles. The van der Waals surface area contributed by atoms with Crippen molar-refractivity contribution in [1.29, 1.82) is 0 Å². The Morgan fingerprint density at radius 1 is 1.08 bits per heavy atom. The van der Waals surface area contributed by atoms with E-state index in [1.807, 2.05) is 12.1 Å². The number of hydrogen-bond acceptors (Lipinski definition) is 4. The molecule has 0 spiro atoms. The fraction of sp³-hybridized carbons (Fsp3) is 0.552. The first-order valence-corrected chi connectivity index (χ1v) is 13.1. The maximum absolute atomic E-state index is 15.4. The molecule has 2 aromatic rings. The Hall–Kier alpha value is -2.83. The molecule has 2 fully saturated rings. The lowest BCUT2D eigenvalue weighted by Gasteiger charge is -2.51. The Morgan fingerprint density at radius 3 is 2.67 bits per heavy atom. The number of carbonyl (C=O) groups is 1. The number of hydrogen-bond donors (Lipinski definition) is 4. The second-order valence-electron chi connectivity index (χ2n) is 11.3. The van der Waals surface area contributed by atoms with E-state index < -0.39 is 11.3 Å². The van der Waals surface area contributed by atoms with Gasteiger partial charge < -0.3 is 20.6 Å². The molecule has 4 N–H and O–H groups in total. The zero-order valence-electron chi connectivity index (χ0n) is 20.6. The van der Waals surface area contributed by atoms with Crippen molar-refractivity contribution >= 4 is 5.91 Å². The highest BCUT2D eigenvalue weighted by molar-refractivity contribution is 5.75. The molecule has 194 valence electrons. The van der Waals surface area contributed by atoms with E-state index in [4.69, 9.17) is 0 Å². The number of amides is 1. The normalized spacial score (nSPS) is 30.2. The van der Waals surface area contributed by atoms with Crippen LogP contribution in [-0.2, 0) is 17.8 Å². The van der Waals surface area contributed by atoms with Crippen LogP contribution in [0.15, 0.2) is 36.4 Å². The third-order valence-corrected chi connectivity index (χ3v) is 9.33. The molecule has 36 heavy (non-hydrogen) atoms. The van der Waals surface area contributed by atoms with Gasteiger partial charge in [0.05, 0.1) is 0 Å². The van der Waals surface area contributed by atoms with Crippen molar-refractivity contribution in [2.24, 2.45) is 23.2 Å². The summed E-state index contributed by atoms with van der Waals surface area (Å²) in [6, 6.07) is 9.94. The molecule has 5 atom stereocenters. The third kappa shape index (κ3) is 4.31. The Labute approximate surface area is 210 Å². The summed E-state index contributed by atoms with van der Waals surface area (Å²) < 4.78 is 30.9. The molecule has 2 saturated carbocycles. The molecule has 1 amide bonds. The predicted molar refractivity (Wildman–Crippen MR) is 132 cm³/mol. The zero-order chi connectivity index (χ0) is 25.7. The Bertz CT molecular complexity index is 1150. The summed E-state index contributed by atoms with van der Waals surface area (Å²) in [7, 11) is 0. The molecule has 0 saturated heterocycles. The SMILES string of the molecule is C[C@]12CCC3c4ccc(O)cc4CCC3C1[C@@H](CCCC(=O)NCc1ccc(O)c(O)c1)CC2(F)F. The number of benzene rings is 2. The summed E-state index contributed by atoms with van der Waals surface area (Å²) in [4.78, 5) is 12.4. The van der Waals surface area contributed by atoms with Crippen molar-refractivity contribution in [3.05, 3.63) is 53.1 Å². The quantitative estimate of drug-likeness (QED) is 0.367. The largest absolute Gasteiger partial charge is 0.508 e. The lowest BCUT2D eigenvalue weighted by Crippen LogP contribution is -2.47. The van der Waals surface area contributed by atoms with E-state index in [0.29, 0.717) is 24.8 Å². The highest BCUT2D eigenvalue weighted by Gasteiger charge is 2.67. The first kappa shape index (κ1) is 24.8. The van der Waals surface area contributed by atoms with Crippen LogP contribution >= 0.6 is 0 Å². The summed E-state index contributed by atoms with van der Waals surface area (Å²) in [6.07, 6.45) is 4.27. The van der Waals surface area contributed by atoms with E-state index >= 15 is 8.78 Å². The first-order chi connectivity index (χ1) is 17.1. The van der Waals surface area contributed by atoms with Crippen molar-refractivity contribution in [3.63, 3.8) is 0 Å². The number of aromatic hydroxyl groups is 3. The molecule has 0 bridgehead atoms. The standard InChI is InChI=1S/C29H35F2NO4/c1-28-12-11-22-21-9-7-20(33)14-18(21)6-8-23(22)27(28)19(15-29(28,30)31)3-2-4-26(36)32-16-17-5-10-24(34)25(35)13-17/h5,7,9-10,13-14,19,22-23,27,33-35H,2-4,6,8,11-12,15-16H2,1H3,(H,32,36)/t19-,22?,23?,27?,28-/m0/s1. The van der Waals surface area contributed by atoms with Crippen molar-refractivity contribution in [2.75, 3.05) is 0 Å². The Kier molecular flexibility index (Phi) is 6.38. The number of alkyl halides is 2. The van der Waals surface area contributed by atoms with Gasteiger partial charge in [0.1, 0.15) is 5.75 Å². The molecule has 7 heteroatoms.